The third-order valence-corrected chi connectivity index (χ3v) is 4.96. The first-order chi connectivity index (χ1) is 9.02. The number of halogens is 3. The van der Waals surface area contributed by atoms with E-state index in [9.17, 15) is 4.79 Å². The van der Waals surface area contributed by atoms with Crippen molar-refractivity contribution in [2.75, 3.05) is 0 Å². The number of benzene rings is 1. The van der Waals surface area contributed by atoms with Gasteiger partial charge in [0.05, 0.1) is 14.3 Å². The highest BCUT2D eigenvalue weighted by molar-refractivity contribution is 14.1. The third kappa shape index (κ3) is 3.38. The molecule has 1 heterocycles. The van der Waals surface area contributed by atoms with Gasteiger partial charge in [0.1, 0.15) is 5.82 Å². The normalized spacial score (nSPS) is 10.7. The minimum absolute atomic E-state index is 0.104. The van der Waals surface area contributed by atoms with Gasteiger partial charge in [-0.2, -0.15) is 0 Å². The summed E-state index contributed by atoms with van der Waals surface area (Å²) in [6.07, 6.45) is 1.74. The van der Waals surface area contributed by atoms with Crippen LogP contribution in [0.2, 0.25) is 5.02 Å². The maximum absolute atomic E-state index is 11.9. The van der Waals surface area contributed by atoms with Gasteiger partial charge < -0.3 is 4.98 Å². The number of H-pyrrole nitrogens is 1. The van der Waals surface area contributed by atoms with Crippen LogP contribution < -0.4 is 5.56 Å². The maximum atomic E-state index is 11.9. The Hall–Kier alpha value is -0.400. The molecule has 0 amide bonds. The smallest absolute Gasteiger partial charge is 0.264 e. The molecule has 0 fully saturated rings. The Morgan fingerprint density at radius 3 is 2.84 bits per heavy atom. The van der Waals surface area contributed by atoms with Gasteiger partial charge in [-0.15, -0.1) is 0 Å². The van der Waals surface area contributed by atoms with Gasteiger partial charge in [0, 0.05) is 10.0 Å². The van der Waals surface area contributed by atoms with Crippen LogP contribution >= 0.6 is 50.1 Å². The summed E-state index contributed by atoms with van der Waals surface area (Å²) < 4.78 is 1.48. The maximum Gasteiger partial charge on any atom is 0.264 e. The largest absolute Gasteiger partial charge is 0.306 e. The molecule has 6 heteroatoms. The van der Waals surface area contributed by atoms with Gasteiger partial charge in [0.25, 0.3) is 5.56 Å². The summed E-state index contributed by atoms with van der Waals surface area (Å²) in [5.41, 5.74) is 1.54. The lowest BCUT2D eigenvalue weighted by Crippen LogP contribution is -2.16. The first-order valence-electron chi connectivity index (χ1n) is 5.77. The molecule has 1 aromatic carbocycles. The second kappa shape index (κ2) is 6.37. The van der Waals surface area contributed by atoms with Crippen molar-refractivity contribution in [3.05, 3.63) is 47.3 Å². The lowest BCUT2D eigenvalue weighted by molar-refractivity contribution is 0.860. The average molecular weight is 454 g/mol. The second-order valence-electron chi connectivity index (χ2n) is 4.05. The molecule has 0 saturated heterocycles. The molecule has 0 saturated carbocycles. The van der Waals surface area contributed by atoms with Gasteiger partial charge in [0.15, 0.2) is 0 Å². The van der Waals surface area contributed by atoms with Crippen LogP contribution in [0.5, 0.6) is 0 Å². The Balaban J connectivity index is 2.56. The fourth-order valence-electron chi connectivity index (χ4n) is 1.69. The van der Waals surface area contributed by atoms with Crippen molar-refractivity contribution in [3.63, 3.8) is 0 Å². The van der Waals surface area contributed by atoms with E-state index in [1.807, 2.05) is 34.7 Å². The third-order valence-electron chi connectivity index (χ3n) is 2.61. The van der Waals surface area contributed by atoms with E-state index in [1.165, 1.54) is 0 Å². The second-order valence-corrected chi connectivity index (χ2v) is 6.39. The van der Waals surface area contributed by atoms with Gasteiger partial charge in [-0.25, -0.2) is 4.98 Å². The zero-order valence-electron chi connectivity index (χ0n) is 10.1. The van der Waals surface area contributed by atoms with Crippen molar-refractivity contribution in [1.29, 1.82) is 0 Å². The molecular weight excluding hydrogens is 442 g/mol. The van der Waals surface area contributed by atoms with E-state index in [0.29, 0.717) is 14.4 Å². The van der Waals surface area contributed by atoms with Crippen LogP contribution in [-0.4, -0.2) is 9.97 Å². The minimum atomic E-state index is -0.104. The molecule has 0 aliphatic heterocycles. The van der Waals surface area contributed by atoms with Crippen molar-refractivity contribution in [1.82, 2.24) is 9.97 Å². The molecule has 2 aromatic rings. The van der Waals surface area contributed by atoms with Gasteiger partial charge in [-0.1, -0.05) is 31.0 Å². The predicted octanol–water partition coefficient (Wildman–Crippen LogP) is 4.41. The number of nitrogens with zero attached hydrogens (tertiary/aromatic N) is 1. The number of aromatic amines is 1. The molecule has 100 valence electrons. The van der Waals surface area contributed by atoms with Gasteiger partial charge in [0.2, 0.25) is 0 Å². The number of aromatic nitrogens is 2. The van der Waals surface area contributed by atoms with Crippen LogP contribution in [0.3, 0.4) is 0 Å². The first-order valence-corrected chi connectivity index (χ1v) is 8.02. The summed E-state index contributed by atoms with van der Waals surface area (Å²) in [4.78, 5) is 19.2. The number of rotatable bonds is 3. The molecule has 19 heavy (non-hydrogen) atoms. The van der Waals surface area contributed by atoms with E-state index in [2.05, 4.69) is 32.8 Å². The van der Waals surface area contributed by atoms with Crippen LogP contribution in [0.25, 0.3) is 11.4 Å². The minimum Gasteiger partial charge on any atom is -0.306 e. The van der Waals surface area contributed by atoms with E-state index < -0.39 is 0 Å². The SMILES string of the molecule is CCCc1nc(-c2ccc(Br)c(Cl)c2)[nH]c(=O)c1I. The summed E-state index contributed by atoms with van der Waals surface area (Å²) in [7, 11) is 0. The highest BCUT2D eigenvalue weighted by Gasteiger charge is 2.10. The Bertz CT molecular complexity index is 672. The van der Waals surface area contributed by atoms with Gasteiger partial charge in [-0.05, 0) is 57.1 Å². The topological polar surface area (TPSA) is 45.8 Å². The fourth-order valence-corrected chi connectivity index (χ4v) is 2.64. The van der Waals surface area contributed by atoms with Crippen molar-refractivity contribution in [2.45, 2.75) is 19.8 Å². The van der Waals surface area contributed by atoms with Crippen LogP contribution in [0.4, 0.5) is 0 Å². The number of hydrogen-bond acceptors (Lipinski definition) is 2. The van der Waals surface area contributed by atoms with E-state index in [-0.39, 0.29) is 5.56 Å². The molecule has 1 N–H and O–H groups in total. The predicted molar refractivity (Wildman–Crippen MR) is 89.7 cm³/mol. The Morgan fingerprint density at radius 2 is 2.21 bits per heavy atom. The molecule has 0 radical (unpaired) electrons. The van der Waals surface area contributed by atoms with Crippen LogP contribution in [-0.2, 0) is 6.42 Å². The highest BCUT2D eigenvalue weighted by Crippen LogP contribution is 2.27. The summed E-state index contributed by atoms with van der Waals surface area (Å²) >= 11 is 11.4. The van der Waals surface area contributed by atoms with Crippen molar-refractivity contribution in [3.8, 4) is 11.4 Å². The van der Waals surface area contributed by atoms with E-state index >= 15 is 0 Å². The number of hydrogen-bond donors (Lipinski definition) is 1. The Morgan fingerprint density at radius 1 is 1.47 bits per heavy atom. The average Bonchev–Trinajstić information content (AvgIpc) is 2.38. The van der Waals surface area contributed by atoms with Gasteiger partial charge >= 0.3 is 0 Å². The molecule has 0 aliphatic rings. The number of nitrogens with one attached hydrogen (secondary N) is 1. The molecule has 3 nitrogen and oxygen atoms in total. The van der Waals surface area contributed by atoms with Crippen LogP contribution in [0.15, 0.2) is 27.5 Å². The molecule has 0 bridgehead atoms. The lowest BCUT2D eigenvalue weighted by atomic mass is 10.2. The molecule has 0 spiro atoms. The zero-order chi connectivity index (χ0) is 14.0. The molecule has 0 aliphatic carbocycles. The van der Waals surface area contributed by atoms with E-state index in [4.69, 9.17) is 11.6 Å². The molecule has 0 atom stereocenters. The van der Waals surface area contributed by atoms with Crippen LogP contribution in [0, 0.1) is 3.57 Å². The molecule has 0 unspecified atom stereocenters. The van der Waals surface area contributed by atoms with Crippen molar-refractivity contribution < 1.29 is 0 Å². The van der Waals surface area contributed by atoms with E-state index in [1.54, 1.807) is 6.07 Å². The molecular formula is C13H11BrClIN2O. The van der Waals surface area contributed by atoms with E-state index in [0.717, 1.165) is 28.6 Å². The quantitative estimate of drug-likeness (QED) is 0.700. The van der Waals surface area contributed by atoms with Crippen molar-refractivity contribution in [2.24, 2.45) is 0 Å². The van der Waals surface area contributed by atoms with Gasteiger partial charge in [-0.3, -0.25) is 4.79 Å². The standard InChI is InChI=1S/C13H11BrClIN2O/c1-2-3-10-11(16)13(19)18-12(17-10)7-4-5-8(14)9(15)6-7/h4-6H,2-3H2,1H3,(H,17,18,19). The Labute approximate surface area is 138 Å². The van der Waals surface area contributed by atoms with Crippen LogP contribution in [0.1, 0.15) is 19.0 Å². The number of aryl methyl sites for hydroxylation is 1. The Kier molecular flexibility index (Phi) is 5.03. The zero-order valence-corrected chi connectivity index (χ0v) is 14.6. The summed E-state index contributed by atoms with van der Waals surface area (Å²) in [5.74, 6) is 0.559. The molecule has 1 aromatic heterocycles. The lowest BCUT2D eigenvalue weighted by Gasteiger charge is -2.07. The summed E-state index contributed by atoms with van der Waals surface area (Å²) in [6.45, 7) is 2.06. The fraction of sp³-hybridized carbons (Fsp3) is 0.231. The molecule has 2 rings (SSSR count). The summed E-state index contributed by atoms with van der Waals surface area (Å²) in [5, 5.41) is 0.593. The summed E-state index contributed by atoms with van der Waals surface area (Å²) in [6, 6.07) is 5.50. The first kappa shape index (κ1) is 15.0. The monoisotopic (exact) mass is 452 g/mol. The highest BCUT2D eigenvalue weighted by atomic mass is 127. The van der Waals surface area contributed by atoms with Crippen molar-refractivity contribution >= 4 is 50.1 Å².